The quantitative estimate of drug-likeness (QED) is 0.576. The van der Waals surface area contributed by atoms with Gasteiger partial charge in [-0.3, -0.25) is 4.79 Å². The summed E-state index contributed by atoms with van der Waals surface area (Å²) in [4.78, 5) is 17.1. The number of hydrogen-bond acceptors (Lipinski definition) is 5. The third kappa shape index (κ3) is 5.25. The zero-order chi connectivity index (χ0) is 23.4. The van der Waals surface area contributed by atoms with E-state index in [2.05, 4.69) is 10.2 Å². The lowest BCUT2D eigenvalue weighted by atomic mass is 9.96. The van der Waals surface area contributed by atoms with Gasteiger partial charge in [-0.15, -0.1) is 0 Å². The number of likely N-dealkylation sites (N-methyl/N-ethyl adjacent to an activating group) is 1. The fourth-order valence-corrected chi connectivity index (χ4v) is 4.61. The first-order valence-corrected chi connectivity index (χ1v) is 11.5. The second-order valence-corrected chi connectivity index (χ2v) is 9.11. The van der Waals surface area contributed by atoms with Crippen LogP contribution in [-0.2, 0) is 4.79 Å². The van der Waals surface area contributed by atoms with Crippen LogP contribution in [0.2, 0.25) is 0 Å². The molecule has 1 saturated heterocycles. The summed E-state index contributed by atoms with van der Waals surface area (Å²) in [7, 11) is 1.91. The number of aliphatic hydroxyl groups excluding tert-OH is 1. The second kappa shape index (κ2) is 10.4. The number of aliphatic hydroxyl groups is 1. The van der Waals surface area contributed by atoms with Crippen molar-refractivity contribution in [1.29, 1.82) is 0 Å². The Kier molecular flexibility index (Phi) is 7.80. The topological polar surface area (TPSA) is 81.8 Å². The van der Waals surface area contributed by atoms with Crippen molar-refractivity contribution in [2.45, 2.75) is 52.7 Å². The maximum atomic E-state index is 12.9. The minimum Gasteiger partial charge on any atom is -0.398 e. The number of nitrogens with zero attached hydrogens (tertiary/aromatic N) is 2. The second-order valence-electron chi connectivity index (χ2n) is 9.11. The SMILES string of the molecule is Cc1c(C)c(NCC(=O)N(C)C2CCN(CC(O)c3ccccc3)CC2)c(C)c(C)c1N. The van der Waals surface area contributed by atoms with E-state index in [0.717, 1.165) is 65.1 Å². The Morgan fingerprint density at radius 2 is 1.66 bits per heavy atom. The highest BCUT2D eigenvalue weighted by atomic mass is 16.3. The molecule has 2 aromatic carbocycles. The van der Waals surface area contributed by atoms with Crippen LogP contribution >= 0.6 is 0 Å². The normalized spacial score (nSPS) is 16.1. The summed E-state index contributed by atoms with van der Waals surface area (Å²) >= 11 is 0. The van der Waals surface area contributed by atoms with Gasteiger partial charge in [-0.25, -0.2) is 0 Å². The Bertz CT molecular complexity index is 908. The van der Waals surface area contributed by atoms with Crippen LogP contribution in [0.15, 0.2) is 30.3 Å². The molecule has 1 heterocycles. The van der Waals surface area contributed by atoms with Crippen molar-refractivity contribution in [2.24, 2.45) is 0 Å². The predicted octanol–water partition coefficient (Wildman–Crippen LogP) is 3.57. The number of nitrogens with one attached hydrogen (secondary N) is 1. The zero-order valence-corrected chi connectivity index (χ0v) is 20.1. The molecule has 1 fully saturated rings. The number of nitrogens with two attached hydrogens (primary N) is 1. The third-order valence-corrected chi connectivity index (χ3v) is 7.21. The number of rotatable bonds is 7. The summed E-state index contributed by atoms with van der Waals surface area (Å²) in [5.74, 6) is 0.0960. The summed E-state index contributed by atoms with van der Waals surface area (Å²) < 4.78 is 0. The van der Waals surface area contributed by atoms with Crippen molar-refractivity contribution in [3.05, 3.63) is 58.1 Å². The van der Waals surface area contributed by atoms with Gasteiger partial charge < -0.3 is 26.0 Å². The van der Waals surface area contributed by atoms with Gasteiger partial charge in [0, 0.05) is 44.1 Å². The number of nitrogen functional groups attached to an aromatic ring is 1. The number of benzene rings is 2. The van der Waals surface area contributed by atoms with Gasteiger partial charge in [-0.05, 0) is 68.4 Å². The number of likely N-dealkylation sites (tertiary alicyclic amines) is 1. The third-order valence-electron chi connectivity index (χ3n) is 7.21. The van der Waals surface area contributed by atoms with Crippen molar-refractivity contribution in [2.75, 3.05) is 44.3 Å². The van der Waals surface area contributed by atoms with Gasteiger partial charge in [0.1, 0.15) is 0 Å². The maximum absolute atomic E-state index is 12.9. The molecule has 2 aromatic rings. The van der Waals surface area contributed by atoms with E-state index in [1.54, 1.807) is 0 Å². The number of carbonyl (C=O) groups excluding carboxylic acids is 1. The monoisotopic (exact) mass is 438 g/mol. The molecule has 4 N–H and O–H groups in total. The average molecular weight is 439 g/mol. The number of hydrogen-bond donors (Lipinski definition) is 3. The standard InChI is InChI=1S/C26H38N4O2/c1-17-19(3)26(20(4)18(2)25(17)27)28-15-24(32)29(5)22-11-13-30(14-12-22)16-23(31)21-9-7-6-8-10-21/h6-10,22-23,28,31H,11-16,27H2,1-5H3. The van der Waals surface area contributed by atoms with Crippen LogP contribution in [0, 0.1) is 27.7 Å². The molecule has 1 aliphatic rings. The molecule has 0 spiro atoms. The van der Waals surface area contributed by atoms with E-state index in [-0.39, 0.29) is 18.5 Å². The summed E-state index contributed by atoms with van der Waals surface area (Å²) in [6.45, 7) is 10.8. The molecule has 1 unspecified atom stereocenters. The lowest BCUT2D eigenvalue weighted by Crippen LogP contribution is -2.47. The fourth-order valence-electron chi connectivity index (χ4n) is 4.61. The molecular weight excluding hydrogens is 400 g/mol. The molecule has 0 aromatic heterocycles. The first-order valence-electron chi connectivity index (χ1n) is 11.5. The van der Waals surface area contributed by atoms with Crippen LogP contribution in [0.3, 0.4) is 0 Å². The summed E-state index contributed by atoms with van der Waals surface area (Å²) in [5.41, 5.74) is 13.4. The molecule has 6 heteroatoms. The first kappa shape index (κ1) is 24.1. The van der Waals surface area contributed by atoms with Crippen LogP contribution < -0.4 is 11.1 Å². The van der Waals surface area contributed by atoms with Gasteiger partial charge in [0.2, 0.25) is 5.91 Å². The molecule has 1 aliphatic heterocycles. The molecule has 1 amide bonds. The Morgan fingerprint density at radius 3 is 2.22 bits per heavy atom. The number of β-amino-alcohol motifs (C(OH)–C–C–N with tert-alkyl or cyclic N) is 1. The van der Waals surface area contributed by atoms with Crippen molar-refractivity contribution < 1.29 is 9.90 Å². The van der Waals surface area contributed by atoms with E-state index in [1.165, 1.54) is 0 Å². The van der Waals surface area contributed by atoms with Crippen LogP contribution in [0.1, 0.15) is 46.8 Å². The molecular formula is C26H38N4O2. The van der Waals surface area contributed by atoms with Gasteiger partial charge in [0.15, 0.2) is 0 Å². The molecule has 3 rings (SSSR count). The number of anilines is 2. The van der Waals surface area contributed by atoms with E-state index < -0.39 is 6.10 Å². The van der Waals surface area contributed by atoms with Crippen molar-refractivity contribution in [3.8, 4) is 0 Å². The highest BCUT2D eigenvalue weighted by molar-refractivity contribution is 5.82. The summed E-state index contributed by atoms with van der Waals surface area (Å²) in [5, 5.41) is 13.9. The van der Waals surface area contributed by atoms with Crippen LogP contribution in [0.5, 0.6) is 0 Å². The van der Waals surface area contributed by atoms with Gasteiger partial charge in [-0.2, -0.15) is 0 Å². The number of amides is 1. The molecule has 174 valence electrons. The highest BCUT2D eigenvalue weighted by Gasteiger charge is 2.26. The van der Waals surface area contributed by atoms with Crippen molar-refractivity contribution >= 4 is 17.3 Å². The number of carbonyl (C=O) groups is 1. The zero-order valence-electron chi connectivity index (χ0n) is 20.1. The Hall–Kier alpha value is -2.57. The Morgan fingerprint density at radius 1 is 1.09 bits per heavy atom. The molecule has 0 aliphatic carbocycles. The molecule has 6 nitrogen and oxygen atoms in total. The average Bonchev–Trinajstić information content (AvgIpc) is 2.81. The molecule has 0 saturated carbocycles. The van der Waals surface area contributed by atoms with E-state index in [9.17, 15) is 9.90 Å². The Balaban J connectivity index is 1.51. The minimum atomic E-state index is -0.477. The van der Waals surface area contributed by atoms with E-state index in [1.807, 2.05) is 70.0 Å². The summed E-state index contributed by atoms with van der Waals surface area (Å²) in [6.07, 6.45) is 1.36. The fraction of sp³-hybridized carbons (Fsp3) is 0.500. The molecule has 1 atom stereocenters. The van der Waals surface area contributed by atoms with Crippen LogP contribution in [-0.4, -0.2) is 60.1 Å². The molecule has 32 heavy (non-hydrogen) atoms. The van der Waals surface area contributed by atoms with E-state index in [4.69, 9.17) is 5.73 Å². The lowest BCUT2D eigenvalue weighted by Gasteiger charge is -2.37. The molecule has 0 radical (unpaired) electrons. The minimum absolute atomic E-state index is 0.0960. The molecule has 0 bridgehead atoms. The van der Waals surface area contributed by atoms with Gasteiger partial charge in [0.25, 0.3) is 0 Å². The highest BCUT2D eigenvalue weighted by Crippen LogP contribution is 2.32. The van der Waals surface area contributed by atoms with Gasteiger partial charge >= 0.3 is 0 Å². The maximum Gasteiger partial charge on any atom is 0.241 e. The van der Waals surface area contributed by atoms with Crippen molar-refractivity contribution in [3.63, 3.8) is 0 Å². The Labute approximate surface area is 192 Å². The summed E-state index contributed by atoms with van der Waals surface area (Å²) in [6, 6.07) is 10.0. The van der Waals surface area contributed by atoms with E-state index in [0.29, 0.717) is 6.54 Å². The first-order chi connectivity index (χ1) is 15.2. The van der Waals surface area contributed by atoms with Crippen LogP contribution in [0.25, 0.3) is 0 Å². The largest absolute Gasteiger partial charge is 0.398 e. The van der Waals surface area contributed by atoms with Crippen molar-refractivity contribution in [1.82, 2.24) is 9.80 Å². The van der Waals surface area contributed by atoms with Crippen LogP contribution in [0.4, 0.5) is 11.4 Å². The smallest absolute Gasteiger partial charge is 0.241 e. The van der Waals surface area contributed by atoms with Gasteiger partial charge in [0.05, 0.1) is 12.6 Å². The van der Waals surface area contributed by atoms with E-state index >= 15 is 0 Å². The number of piperidine rings is 1. The predicted molar refractivity (Wildman–Crippen MR) is 132 cm³/mol. The lowest BCUT2D eigenvalue weighted by molar-refractivity contribution is -0.131. The van der Waals surface area contributed by atoms with Gasteiger partial charge in [-0.1, -0.05) is 30.3 Å².